The summed E-state index contributed by atoms with van der Waals surface area (Å²) in [5.41, 5.74) is 0.727. The Hall–Kier alpha value is -1.66. The molecule has 0 aliphatic heterocycles. The van der Waals surface area contributed by atoms with E-state index in [1.165, 1.54) is 22.7 Å². The van der Waals surface area contributed by atoms with Crippen molar-refractivity contribution in [3.8, 4) is 0 Å². The minimum atomic E-state index is -0.874. The van der Waals surface area contributed by atoms with Crippen molar-refractivity contribution in [1.29, 1.82) is 0 Å². The van der Waals surface area contributed by atoms with Crippen LogP contribution in [0, 0.1) is 0 Å². The highest BCUT2D eigenvalue weighted by Gasteiger charge is 2.29. The van der Waals surface area contributed by atoms with Gasteiger partial charge in [-0.25, -0.2) is 4.79 Å². The predicted molar refractivity (Wildman–Crippen MR) is 87.2 cm³/mol. The van der Waals surface area contributed by atoms with Crippen LogP contribution in [0.4, 0.5) is 0 Å². The van der Waals surface area contributed by atoms with Gasteiger partial charge in [0, 0.05) is 11.6 Å². The number of carbonyl (C=O) groups excluding carboxylic acids is 2. The van der Waals surface area contributed by atoms with Gasteiger partial charge in [-0.3, -0.25) is 4.79 Å². The number of ether oxygens (including phenoxy) is 1. The average molecular weight is 335 g/mol. The van der Waals surface area contributed by atoms with Gasteiger partial charge in [0.1, 0.15) is 4.88 Å². The van der Waals surface area contributed by atoms with Gasteiger partial charge in [0.05, 0.1) is 0 Å². The maximum absolute atomic E-state index is 12.5. The second kappa shape index (κ2) is 7.07. The maximum Gasteiger partial charge on any atom is 0.349 e. The Labute approximate surface area is 137 Å². The van der Waals surface area contributed by atoms with Crippen molar-refractivity contribution >= 4 is 34.6 Å². The molecule has 6 heteroatoms. The normalized spacial score (nSPS) is 16.4. The minimum absolute atomic E-state index is 0.203. The highest BCUT2D eigenvalue weighted by Crippen LogP contribution is 2.25. The Morgan fingerprint density at radius 1 is 1.23 bits per heavy atom. The number of hydrogen-bond donors (Lipinski definition) is 1. The first-order valence-corrected chi connectivity index (χ1v) is 9.13. The molecule has 0 saturated heterocycles. The van der Waals surface area contributed by atoms with Crippen LogP contribution in [0.3, 0.4) is 0 Å². The zero-order chi connectivity index (χ0) is 15.4. The molecule has 1 aliphatic rings. The molecule has 116 valence electrons. The van der Waals surface area contributed by atoms with E-state index in [9.17, 15) is 9.59 Å². The number of amides is 1. The van der Waals surface area contributed by atoms with Crippen molar-refractivity contribution in [3.63, 3.8) is 0 Å². The smallest absolute Gasteiger partial charge is 0.349 e. The van der Waals surface area contributed by atoms with E-state index in [-0.39, 0.29) is 11.9 Å². The standard InChI is InChI=1S/C16H17NO3S2/c18-15(17-12-4-1-2-5-12)14(11-7-9-21-10-11)20-16(19)13-6-3-8-22-13/h3,6-10,12,14H,1-2,4-5H2,(H,17,18). The van der Waals surface area contributed by atoms with E-state index in [0.29, 0.717) is 4.88 Å². The molecule has 2 aromatic rings. The molecule has 2 aromatic heterocycles. The second-order valence-corrected chi connectivity index (χ2v) is 7.04. The Kier molecular flexibility index (Phi) is 4.90. The third kappa shape index (κ3) is 3.56. The summed E-state index contributed by atoms with van der Waals surface area (Å²) in [5.74, 6) is -0.678. The van der Waals surface area contributed by atoms with Crippen LogP contribution in [0.25, 0.3) is 0 Å². The van der Waals surface area contributed by atoms with E-state index < -0.39 is 12.1 Å². The molecular weight excluding hydrogens is 318 g/mol. The quantitative estimate of drug-likeness (QED) is 0.846. The zero-order valence-electron chi connectivity index (χ0n) is 12.0. The van der Waals surface area contributed by atoms with Crippen LogP contribution < -0.4 is 5.32 Å². The van der Waals surface area contributed by atoms with E-state index in [2.05, 4.69) is 5.32 Å². The summed E-state index contributed by atoms with van der Waals surface area (Å²) in [5, 5.41) is 8.55. The van der Waals surface area contributed by atoms with Crippen molar-refractivity contribution in [1.82, 2.24) is 5.32 Å². The molecule has 1 atom stereocenters. The third-order valence-electron chi connectivity index (χ3n) is 3.73. The first kappa shape index (κ1) is 15.2. The van der Waals surface area contributed by atoms with Crippen LogP contribution in [0.2, 0.25) is 0 Å². The average Bonchev–Trinajstić information content (AvgIpc) is 3.24. The number of thiophene rings is 2. The van der Waals surface area contributed by atoms with Crippen LogP contribution in [0.1, 0.15) is 47.0 Å². The molecule has 1 N–H and O–H groups in total. The van der Waals surface area contributed by atoms with Gasteiger partial charge >= 0.3 is 5.97 Å². The van der Waals surface area contributed by atoms with Crippen LogP contribution >= 0.6 is 22.7 Å². The summed E-state index contributed by atoms with van der Waals surface area (Å²) in [6.45, 7) is 0. The van der Waals surface area contributed by atoms with E-state index in [0.717, 1.165) is 31.2 Å². The van der Waals surface area contributed by atoms with Gasteiger partial charge in [0.2, 0.25) is 6.10 Å². The molecule has 4 nitrogen and oxygen atoms in total. The summed E-state index contributed by atoms with van der Waals surface area (Å²) >= 11 is 2.80. The molecule has 1 saturated carbocycles. The first-order valence-electron chi connectivity index (χ1n) is 7.31. The van der Waals surface area contributed by atoms with Crippen LogP contribution in [-0.4, -0.2) is 17.9 Å². The fourth-order valence-electron chi connectivity index (χ4n) is 2.60. The van der Waals surface area contributed by atoms with Gasteiger partial charge in [-0.2, -0.15) is 11.3 Å². The number of hydrogen-bond acceptors (Lipinski definition) is 5. The van der Waals surface area contributed by atoms with Crippen molar-refractivity contribution in [3.05, 3.63) is 44.8 Å². The van der Waals surface area contributed by atoms with Crippen LogP contribution in [0.15, 0.2) is 34.3 Å². The summed E-state index contributed by atoms with van der Waals surface area (Å²) in [7, 11) is 0. The maximum atomic E-state index is 12.5. The van der Waals surface area contributed by atoms with E-state index in [1.807, 2.05) is 22.2 Å². The molecular formula is C16H17NO3S2. The second-order valence-electron chi connectivity index (χ2n) is 5.31. The molecule has 1 amide bonds. The van der Waals surface area contributed by atoms with E-state index in [1.54, 1.807) is 12.1 Å². The van der Waals surface area contributed by atoms with Gasteiger partial charge in [0.25, 0.3) is 5.91 Å². The predicted octanol–water partition coefficient (Wildman–Crippen LogP) is 3.77. The molecule has 2 heterocycles. The van der Waals surface area contributed by atoms with Crippen molar-refractivity contribution in [2.45, 2.75) is 37.8 Å². The van der Waals surface area contributed by atoms with E-state index >= 15 is 0 Å². The Balaban J connectivity index is 1.72. The number of carbonyl (C=O) groups is 2. The summed E-state index contributed by atoms with van der Waals surface area (Å²) < 4.78 is 5.48. The zero-order valence-corrected chi connectivity index (χ0v) is 13.6. The first-order chi connectivity index (χ1) is 10.7. The van der Waals surface area contributed by atoms with Crippen LogP contribution in [-0.2, 0) is 9.53 Å². The lowest BCUT2D eigenvalue weighted by Gasteiger charge is -2.19. The fraction of sp³-hybridized carbons (Fsp3) is 0.375. The number of nitrogens with one attached hydrogen (secondary N) is 1. The van der Waals surface area contributed by atoms with Gasteiger partial charge < -0.3 is 10.1 Å². The summed E-state index contributed by atoms with van der Waals surface area (Å²) in [4.78, 5) is 25.2. The molecule has 3 rings (SSSR count). The SMILES string of the molecule is O=C(OC(C(=O)NC1CCCC1)c1ccsc1)c1cccs1. The van der Waals surface area contributed by atoms with Gasteiger partial charge in [-0.05, 0) is 41.1 Å². The lowest BCUT2D eigenvalue weighted by Crippen LogP contribution is -2.37. The molecule has 0 spiro atoms. The Bertz CT molecular complexity index is 616. The Morgan fingerprint density at radius 2 is 2.05 bits per heavy atom. The van der Waals surface area contributed by atoms with Crippen LogP contribution in [0.5, 0.6) is 0 Å². The monoisotopic (exact) mass is 335 g/mol. The lowest BCUT2D eigenvalue weighted by molar-refractivity contribution is -0.131. The molecule has 0 radical (unpaired) electrons. The molecule has 0 bridgehead atoms. The summed E-state index contributed by atoms with van der Waals surface area (Å²) in [6, 6.07) is 5.52. The topological polar surface area (TPSA) is 55.4 Å². The molecule has 1 unspecified atom stereocenters. The van der Waals surface area contributed by atoms with Crippen molar-refractivity contribution < 1.29 is 14.3 Å². The summed E-state index contributed by atoms with van der Waals surface area (Å²) in [6.07, 6.45) is 3.41. The highest BCUT2D eigenvalue weighted by atomic mass is 32.1. The number of rotatable bonds is 5. The van der Waals surface area contributed by atoms with Crippen molar-refractivity contribution in [2.24, 2.45) is 0 Å². The highest BCUT2D eigenvalue weighted by molar-refractivity contribution is 7.12. The number of esters is 1. The molecule has 22 heavy (non-hydrogen) atoms. The van der Waals surface area contributed by atoms with Gasteiger partial charge in [0.15, 0.2) is 0 Å². The molecule has 0 aromatic carbocycles. The lowest BCUT2D eigenvalue weighted by atomic mass is 10.1. The molecule has 1 fully saturated rings. The van der Waals surface area contributed by atoms with Gasteiger partial charge in [-0.15, -0.1) is 11.3 Å². The third-order valence-corrected chi connectivity index (χ3v) is 5.28. The van der Waals surface area contributed by atoms with Gasteiger partial charge in [-0.1, -0.05) is 18.9 Å². The minimum Gasteiger partial charge on any atom is -0.443 e. The Morgan fingerprint density at radius 3 is 2.68 bits per heavy atom. The molecule has 1 aliphatic carbocycles. The van der Waals surface area contributed by atoms with E-state index in [4.69, 9.17) is 4.74 Å². The van der Waals surface area contributed by atoms with Crippen molar-refractivity contribution in [2.75, 3.05) is 0 Å². The largest absolute Gasteiger partial charge is 0.443 e. The fourth-order valence-corrected chi connectivity index (χ4v) is 3.88.